The molecule has 0 fully saturated rings. The number of hydrogen-bond acceptors (Lipinski definition) is 8. The first-order valence-electron chi connectivity index (χ1n) is 16.1. The van der Waals surface area contributed by atoms with Crippen molar-refractivity contribution in [1.29, 1.82) is 0 Å². The molecule has 0 amide bonds. The monoisotopic (exact) mass is 609 g/mol. The van der Waals surface area contributed by atoms with Gasteiger partial charge < -0.3 is 25.6 Å². The van der Waals surface area contributed by atoms with Crippen LogP contribution in [0.5, 0.6) is 0 Å². The maximum atomic E-state index is 12.0. The summed E-state index contributed by atoms with van der Waals surface area (Å²) in [5.74, 6) is -1.92. The van der Waals surface area contributed by atoms with Crippen molar-refractivity contribution in [2.75, 3.05) is 19.8 Å². The maximum absolute atomic E-state index is 12.0. The Morgan fingerprint density at radius 1 is 0.683 bits per heavy atom. The first-order valence-corrected chi connectivity index (χ1v) is 17.6. The standard InChI is InChI=1S/C30H60NO9P/c1-2-3-4-5-6-7-8-9-10-11-12-13-14-15-16-17-18-19-20-21-22-23-29(33)40-27(24-32)25-38-41(36,37)39-26-28(31)30(34)35/h27-28,32H,2-26,31H2,1H3,(H,34,35)(H,36,37)/t27-,28+/m1/s1. The summed E-state index contributed by atoms with van der Waals surface area (Å²) in [7, 11) is -4.60. The summed E-state index contributed by atoms with van der Waals surface area (Å²) in [6, 6.07) is -1.49. The molecule has 0 heterocycles. The lowest BCUT2D eigenvalue weighted by molar-refractivity contribution is -0.153. The fourth-order valence-electron chi connectivity index (χ4n) is 4.53. The van der Waals surface area contributed by atoms with Crippen LogP contribution >= 0.6 is 7.82 Å². The van der Waals surface area contributed by atoms with E-state index in [1.807, 2.05) is 0 Å². The van der Waals surface area contributed by atoms with Gasteiger partial charge in [0, 0.05) is 6.42 Å². The summed E-state index contributed by atoms with van der Waals surface area (Å²) in [6.45, 7) is 0.369. The Morgan fingerprint density at radius 2 is 1.05 bits per heavy atom. The summed E-state index contributed by atoms with van der Waals surface area (Å²) in [5, 5.41) is 18.0. The number of carbonyl (C=O) groups is 2. The molecular formula is C30H60NO9P. The second-order valence-corrected chi connectivity index (χ2v) is 12.6. The van der Waals surface area contributed by atoms with Crippen molar-refractivity contribution < 1.29 is 43.0 Å². The Hall–Kier alpha value is -1.03. The number of aliphatic carboxylic acids is 1. The van der Waals surface area contributed by atoms with E-state index in [2.05, 4.69) is 16.0 Å². The van der Waals surface area contributed by atoms with E-state index in [4.69, 9.17) is 15.6 Å². The molecule has 0 bridgehead atoms. The van der Waals surface area contributed by atoms with E-state index in [9.17, 15) is 24.2 Å². The number of aliphatic hydroxyl groups is 1. The van der Waals surface area contributed by atoms with Gasteiger partial charge in [-0.15, -0.1) is 0 Å². The number of esters is 1. The van der Waals surface area contributed by atoms with Crippen LogP contribution in [-0.2, 0) is 27.9 Å². The fourth-order valence-corrected chi connectivity index (χ4v) is 5.31. The molecule has 3 atom stereocenters. The molecule has 1 unspecified atom stereocenters. The lowest BCUT2D eigenvalue weighted by Crippen LogP contribution is -2.34. The minimum Gasteiger partial charge on any atom is -0.480 e. The van der Waals surface area contributed by atoms with Gasteiger partial charge in [0.15, 0.2) is 0 Å². The molecule has 0 aliphatic carbocycles. The number of carboxylic acids is 1. The number of hydrogen-bond donors (Lipinski definition) is 4. The molecule has 11 heteroatoms. The first kappa shape index (κ1) is 40.0. The first-order chi connectivity index (χ1) is 19.7. The highest BCUT2D eigenvalue weighted by Crippen LogP contribution is 2.43. The molecular weight excluding hydrogens is 549 g/mol. The number of carbonyl (C=O) groups excluding carboxylic acids is 1. The summed E-state index contributed by atoms with van der Waals surface area (Å²) >= 11 is 0. The predicted molar refractivity (Wildman–Crippen MR) is 162 cm³/mol. The quantitative estimate of drug-likeness (QED) is 0.0364. The van der Waals surface area contributed by atoms with E-state index in [1.165, 1.54) is 109 Å². The minimum atomic E-state index is -4.60. The Bertz CT molecular complexity index is 680. The zero-order valence-electron chi connectivity index (χ0n) is 25.6. The lowest BCUT2D eigenvalue weighted by Gasteiger charge is -2.18. The van der Waals surface area contributed by atoms with Crippen LogP contribution in [0.2, 0.25) is 0 Å². The van der Waals surface area contributed by atoms with Crippen molar-refractivity contribution in [3.63, 3.8) is 0 Å². The molecule has 5 N–H and O–H groups in total. The fraction of sp³-hybridized carbons (Fsp3) is 0.933. The molecule has 0 saturated carbocycles. The number of rotatable bonds is 31. The average molecular weight is 610 g/mol. The van der Waals surface area contributed by atoms with Crippen molar-refractivity contribution in [3.05, 3.63) is 0 Å². The van der Waals surface area contributed by atoms with Gasteiger partial charge >= 0.3 is 19.8 Å². The molecule has 0 aromatic heterocycles. The average Bonchev–Trinajstić information content (AvgIpc) is 2.94. The van der Waals surface area contributed by atoms with Gasteiger partial charge in [0.1, 0.15) is 12.1 Å². The number of nitrogens with two attached hydrogens (primary N) is 1. The van der Waals surface area contributed by atoms with Crippen LogP contribution in [0.4, 0.5) is 0 Å². The van der Waals surface area contributed by atoms with Gasteiger partial charge in [0.25, 0.3) is 0 Å². The third-order valence-electron chi connectivity index (χ3n) is 7.14. The van der Waals surface area contributed by atoms with E-state index in [0.29, 0.717) is 6.42 Å². The highest BCUT2D eigenvalue weighted by atomic mass is 31.2. The third-order valence-corrected chi connectivity index (χ3v) is 8.09. The smallest absolute Gasteiger partial charge is 0.472 e. The highest BCUT2D eigenvalue weighted by molar-refractivity contribution is 7.47. The van der Waals surface area contributed by atoms with Gasteiger partial charge in [0.05, 0.1) is 19.8 Å². The molecule has 0 spiro atoms. The molecule has 0 saturated heterocycles. The molecule has 10 nitrogen and oxygen atoms in total. The summed E-state index contributed by atoms with van der Waals surface area (Å²) in [5.41, 5.74) is 5.20. The number of ether oxygens (including phenoxy) is 1. The second-order valence-electron chi connectivity index (χ2n) is 11.1. The molecule has 0 rings (SSSR count). The molecule has 0 aromatic carbocycles. The maximum Gasteiger partial charge on any atom is 0.472 e. The van der Waals surface area contributed by atoms with Crippen LogP contribution < -0.4 is 5.73 Å². The predicted octanol–water partition coefficient (Wildman–Crippen LogP) is 7.04. The topological polar surface area (TPSA) is 166 Å². The normalized spacial score (nSPS) is 14.4. The highest BCUT2D eigenvalue weighted by Gasteiger charge is 2.27. The molecule has 41 heavy (non-hydrogen) atoms. The number of unbranched alkanes of at least 4 members (excludes halogenated alkanes) is 20. The van der Waals surface area contributed by atoms with E-state index in [-0.39, 0.29) is 6.42 Å². The zero-order chi connectivity index (χ0) is 30.6. The van der Waals surface area contributed by atoms with Gasteiger partial charge in [-0.3, -0.25) is 18.6 Å². The Kier molecular flexibility index (Phi) is 27.1. The van der Waals surface area contributed by atoms with Crippen molar-refractivity contribution in [2.45, 2.75) is 160 Å². The third kappa shape index (κ3) is 27.5. The zero-order valence-corrected chi connectivity index (χ0v) is 26.5. The lowest BCUT2D eigenvalue weighted by atomic mass is 10.0. The SMILES string of the molecule is CCCCCCCCCCCCCCCCCCCCCCCC(=O)O[C@H](CO)COP(=O)(O)OC[C@H](N)C(=O)O. The van der Waals surface area contributed by atoms with Crippen molar-refractivity contribution >= 4 is 19.8 Å². The summed E-state index contributed by atoms with van der Waals surface area (Å²) in [6.07, 6.45) is 26.1. The van der Waals surface area contributed by atoms with E-state index >= 15 is 0 Å². The van der Waals surface area contributed by atoms with Gasteiger partial charge in [-0.1, -0.05) is 135 Å². The summed E-state index contributed by atoms with van der Waals surface area (Å²) in [4.78, 5) is 32.2. The molecule has 0 radical (unpaired) electrons. The number of carboxylic acid groups (broad SMARTS) is 1. The van der Waals surface area contributed by atoms with Gasteiger partial charge in [-0.05, 0) is 6.42 Å². The van der Waals surface area contributed by atoms with Crippen molar-refractivity contribution in [2.24, 2.45) is 5.73 Å². The van der Waals surface area contributed by atoms with Crippen LogP contribution in [0.3, 0.4) is 0 Å². The molecule has 244 valence electrons. The van der Waals surface area contributed by atoms with Crippen LogP contribution in [0, 0.1) is 0 Å². The van der Waals surface area contributed by atoms with E-state index in [0.717, 1.165) is 19.3 Å². The Balaban J connectivity index is 3.54. The van der Waals surface area contributed by atoms with Gasteiger partial charge in [0.2, 0.25) is 0 Å². The minimum absolute atomic E-state index is 0.191. The van der Waals surface area contributed by atoms with Gasteiger partial charge in [-0.2, -0.15) is 0 Å². The van der Waals surface area contributed by atoms with Crippen LogP contribution in [-0.4, -0.2) is 59.0 Å². The van der Waals surface area contributed by atoms with Crippen molar-refractivity contribution in [3.8, 4) is 0 Å². The largest absolute Gasteiger partial charge is 0.480 e. The van der Waals surface area contributed by atoms with Crippen LogP contribution in [0.1, 0.15) is 148 Å². The van der Waals surface area contributed by atoms with Crippen LogP contribution in [0.15, 0.2) is 0 Å². The number of phosphoric ester groups is 1. The summed E-state index contributed by atoms with van der Waals surface area (Å²) < 4.78 is 26.0. The number of phosphoric acid groups is 1. The van der Waals surface area contributed by atoms with Gasteiger partial charge in [-0.25, -0.2) is 4.57 Å². The molecule has 0 aliphatic heterocycles. The van der Waals surface area contributed by atoms with Crippen LogP contribution in [0.25, 0.3) is 0 Å². The number of aliphatic hydroxyl groups excluding tert-OH is 1. The second kappa shape index (κ2) is 27.8. The van der Waals surface area contributed by atoms with E-state index in [1.54, 1.807) is 0 Å². The molecule has 0 aliphatic rings. The molecule has 0 aromatic rings. The van der Waals surface area contributed by atoms with E-state index < -0.39 is 51.7 Å². The Labute approximate surface area is 248 Å². The van der Waals surface area contributed by atoms with Crippen molar-refractivity contribution in [1.82, 2.24) is 0 Å². The Morgan fingerprint density at radius 3 is 1.41 bits per heavy atom.